The number of hydrogen-bond donors (Lipinski definition) is 2. The number of benzene rings is 1. The van der Waals surface area contributed by atoms with Crippen molar-refractivity contribution in [3.05, 3.63) is 35.9 Å². The van der Waals surface area contributed by atoms with Crippen LogP contribution in [0.2, 0.25) is 0 Å². The first-order chi connectivity index (χ1) is 10.6. The van der Waals surface area contributed by atoms with Crippen LogP contribution in [0, 0.1) is 11.8 Å². The van der Waals surface area contributed by atoms with Crippen molar-refractivity contribution >= 4 is 11.9 Å². The van der Waals surface area contributed by atoms with Crippen LogP contribution in [-0.2, 0) is 14.3 Å². The fourth-order valence-corrected chi connectivity index (χ4v) is 2.92. The van der Waals surface area contributed by atoms with E-state index in [4.69, 9.17) is 9.84 Å². The summed E-state index contributed by atoms with van der Waals surface area (Å²) in [7, 11) is 0. The van der Waals surface area contributed by atoms with Crippen molar-refractivity contribution < 1.29 is 19.4 Å². The van der Waals surface area contributed by atoms with E-state index in [0.29, 0.717) is 32.4 Å². The molecular formula is C17H23NO4. The summed E-state index contributed by atoms with van der Waals surface area (Å²) < 4.78 is 5.69. The van der Waals surface area contributed by atoms with Gasteiger partial charge in [-0.15, -0.1) is 0 Å². The molecule has 1 aromatic carbocycles. The summed E-state index contributed by atoms with van der Waals surface area (Å²) in [6.07, 6.45) is 1.49. The van der Waals surface area contributed by atoms with Crippen molar-refractivity contribution in [3.63, 3.8) is 0 Å². The van der Waals surface area contributed by atoms with Crippen LogP contribution in [0.25, 0.3) is 0 Å². The minimum atomic E-state index is -0.799. The molecule has 1 amide bonds. The van der Waals surface area contributed by atoms with Crippen LogP contribution in [0.15, 0.2) is 30.3 Å². The molecule has 1 aromatic rings. The van der Waals surface area contributed by atoms with Gasteiger partial charge in [-0.25, -0.2) is 0 Å². The highest BCUT2D eigenvalue weighted by atomic mass is 16.5. The Hall–Kier alpha value is -1.88. The van der Waals surface area contributed by atoms with Gasteiger partial charge in [0.15, 0.2) is 0 Å². The van der Waals surface area contributed by atoms with E-state index in [2.05, 4.69) is 5.32 Å². The molecular weight excluding hydrogens is 282 g/mol. The van der Waals surface area contributed by atoms with E-state index < -0.39 is 5.97 Å². The van der Waals surface area contributed by atoms with Gasteiger partial charge in [-0.05, 0) is 31.7 Å². The van der Waals surface area contributed by atoms with Gasteiger partial charge in [0, 0.05) is 19.1 Å². The van der Waals surface area contributed by atoms with Gasteiger partial charge in [-0.2, -0.15) is 0 Å². The van der Waals surface area contributed by atoms with Gasteiger partial charge >= 0.3 is 5.97 Å². The zero-order chi connectivity index (χ0) is 15.9. The summed E-state index contributed by atoms with van der Waals surface area (Å²) in [4.78, 5) is 23.1. The van der Waals surface area contributed by atoms with Gasteiger partial charge in [-0.1, -0.05) is 30.3 Å². The lowest BCUT2D eigenvalue weighted by molar-refractivity contribution is -0.141. The maximum Gasteiger partial charge on any atom is 0.306 e. The van der Waals surface area contributed by atoms with Gasteiger partial charge in [-0.3, -0.25) is 9.59 Å². The SMILES string of the molecule is CCOC(CNC(=O)[C@@H]1CC[C@H](C(=O)O)C1)c1ccccc1. The highest BCUT2D eigenvalue weighted by molar-refractivity contribution is 5.80. The van der Waals surface area contributed by atoms with Gasteiger partial charge in [0.25, 0.3) is 0 Å². The maximum atomic E-state index is 12.2. The number of amides is 1. The lowest BCUT2D eigenvalue weighted by Gasteiger charge is -2.19. The summed E-state index contributed by atoms with van der Waals surface area (Å²) in [5, 5.41) is 11.9. The maximum absolute atomic E-state index is 12.2. The largest absolute Gasteiger partial charge is 0.481 e. The summed E-state index contributed by atoms with van der Waals surface area (Å²) in [5.74, 6) is -1.44. The standard InChI is InChI=1S/C17H23NO4/c1-2-22-15(12-6-4-3-5-7-12)11-18-16(19)13-8-9-14(10-13)17(20)21/h3-7,13-15H,2,8-11H2,1H3,(H,18,19)(H,20,21)/t13-,14+,15?/m1/s1. The highest BCUT2D eigenvalue weighted by Crippen LogP contribution is 2.31. The van der Waals surface area contributed by atoms with E-state index in [9.17, 15) is 9.59 Å². The van der Waals surface area contributed by atoms with E-state index in [1.807, 2.05) is 37.3 Å². The fourth-order valence-electron chi connectivity index (χ4n) is 2.92. The molecule has 0 bridgehead atoms. The molecule has 0 heterocycles. The predicted molar refractivity (Wildman–Crippen MR) is 82.3 cm³/mol. The zero-order valence-electron chi connectivity index (χ0n) is 12.8. The van der Waals surface area contributed by atoms with Crippen LogP contribution in [0.3, 0.4) is 0 Å². The molecule has 5 nitrogen and oxygen atoms in total. The summed E-state index contributed by atoms with van der Waals surface area (Å²) in [5.41, 5.74) is 1.03. The number of carboxylic acids is 1. The molecule has 2 N–H and O–H groups in total. The second-order valence-electron chi connectivity index (χ2n) is 5.64. The lowest BCUT2D eigenvalue weighted by atomic mass is 10.0. The molecule has 1 aliphatic carbocycles. The van der Waals surface area contributed by atoms with Crippen LogP contribution in [0.4, 0.5) is 0 Å². The zero-order valence-corrected chi connectivity index (χ0v) is 12.8. The van der Waals surface area contributed by atoms with Crippen molar-refractivity contribution in [1.29, 1.82) is 0 Å². The predicted octanol–water partition coefficient (Wildman–Crippen LogP) is 2.38. The second-order valence-corrected chi connectivity index (χ2v) is 5.64. The molecule has 1 saturated carbocycles. The Balaban J connectivity index is 1.87. The van der Waals surface area contributed by atoms with Crippen LogP contribution in [0.5, 0.6) is 0 Å². The number of hydrogen-bond acceptors (Lipinski definition) is 3. The normalized spacial score (nSPS) is 22.2. The number of ether oxygens (including phenoxy) is 1. The average molecular weight is 305 g/mol. The highest BCUT2D eigenvalue weighted by Gasteiger charge is 2.33. The Labute approximate surface area is 130 Å². The Morgan fingerprint density at radius 3 is 2.55 bits per heavy atom. The first-order valence-electron chi connectivity index (χ1n) is 7.78. The molecule has 0 spiro atoms. The number of aliphatic carboxylic acids is 1. The monoisotopic (exact) mass is 305 g/mol. The van der Waals surface area contributed by atoms with Crippen LogP contribution in [-0.4, -0.2) is 30.1 Å². The van der Waals surface area contributed by atoms with Crippen molar-refractivity contribution in [2.24, 2.45) is 11.8 Å². The molecule has 1 fully saturated rings. The Morgan fingerprint density at radius 2 is 1.95 bits per heavy atom. The van der Waals surface area contributed by atoms with Crippen LogP contribution in [0.1, 0.15) is 37.9 Å². The fraction of sp³-hybridized carbons (Fsp3) is 0.529. The van der Waals surface area contributed by atoms with E-state index in [0.717, 1.165) is 5.56 Å². The van der Waals surface area contributed by atoms with E-state index >= 15 is 0 Å². The first-order valence-corrected chi connectivity index (χ1v) is 7.78. The second kappa shape index (κ2) is 7.94. The summed E-state index contributed by atoms with van der Waals surface area (Å²) in [6, 6.07) is 9.77. The minimum Gasteiger partial charge on any atom is -0.481 e. The average Bonchev–Trinajstić information content (AvgIpc) is 3.02. The summed E-state index contributed by atoms with van der Waals surface area (Å²) >= 11 is 0. The molecule has 22 heavy (non-hydrogen) atoms. The summed E-state index contributed by atoms with van der Waals surface area (Å²) in [6.45, 7) is 2.90. The molecule has 120 valence electrons. The van der Waals surface area contributed by atoms with E-state index in [-0.39, 0.29) is 23.8 Å². The van der Waals surface area contributed by atoms with Gasteiger partial charge in [0.2, 0.25) is 5.91 Å². The third kappa shape index (κ3) is 4.31. The van der Waals surface area contributed by atoms with Gasteiger partial charge < -0.3 is 15.2 Å². The topological polar surface area (TPSA) is 75.6 Å². The third-order valence-corrected chi connectivity index (χ3v) is 4.15. The molecule has 0 aliphatic heterocycles. The number of rotatable bonds is 7. The van der Waals surface area contributed by atoms with E-state index in [1.54, 1.807) is 0 Å². The molecule has 5 heteroatoms. The minimum absolute atomic E-state index is 0.0654. The number of carboxylic acid groups (broad SMARTS) is 1. The smallest absolute Gasteiger partial charge is 0.306 e. The molecule has 2 rings (SSSR count). The quantitative estimate of drug-likeness (QED) is 0.811. The number of carbonyl (C=O) groups is 2. The third-order valence-electron chi connectivity index (χ3n) is 4.15. The van der Waals surface area contributed by atoms with Crippen molar-refractivity contribution in [2.75, 3.05) is 13.2 Å². The van der Waals surface area contributed by atoms with Crippen molar-refractivity contribution in [2.45, 2.75) is 32.3 Å². The molecule has 0 saturated heterocycles. The molecule has 0 radical (unpaired) electrons. The molecule has 1 aliphatic rings. The number of carbonyl (C=O) groups excluding carboxylic acids is 1. The van der Waals surface area contributed by atoms with Crippen LogP contribution >= 0.6 is 0 Å². The van der Waals surface area contributed by atoms with E-state index in [1.165, 1.54) is 0 Å². The van der Waals surface area contributed by atoms with Crippen LogP contribution < -0.4 is 5.32 Å². The molecule has 1 unspecified atom stereocenters. The van der Waals surface area contributed by atoms with Gasteiger partial charge in [0.05, 0.1) is 12.0 Å². The first kappa shape index (κ1) is 16.5. The lowest BCUT2D eigenvalue weighted by Crippen LogP contribution is -2.34. The Kier molecular flexibility index (Phi) is 5.95. The van der Waals surface area contributed by atoms with Crippen molar-refractivity contribution in [1.82, 2.24) is 5.32 Å². The molecule has 3 atom stereocenters. The van der Waals surface area contributed by atoms with Gasteiger partial charge in [0.1, 0.15) is 0 Å². The van der Waals surface area contributed by atoms with Crippen molar-refractivity contribution in [3.8, 4) is 0 Å². The Bertz CT molecular complexity index is 503. The number of nitrogens with one attached hydrogen (secondary N) is 1. The molecule has 0 aromatic heterocycles. The Morgan fingerprint density at radius 1 is 1.27 bits per heavy atom.